The number of hydrogen-bond donors (Lipinski definition) is 1. The van der Waals surface area contributed by atoms with Crippen molar-refractivity contribution in [1.29, 1.82) is 0 Å². The first-order chi connectivity index (χ1) is 10.9. The van der Waals surface area contributed by atoms with Crippen molar-refractivity contribution in [2.45, 2.75) is 31.6 Å². The molecule has 0 aliphatic heterocycles. The maximum atomic E-state index is 8.43. The second-order valence-electron chi connectivity index (χ2n) is 5.88. The fourth-order valence-corrected chi connectivity index (χ4v) is 3.46. The van der Waals surface area contributed by atoms with Crippen LogP contribution in [-0.2, 0) is 0 Å². The zero-order valence-corrected chi connectivity index (χ0v) is 12.1. The Balaban J connectivity index is 1.65. The van der Waals surface area contributed by atoms with Crippen LogP contribution in [0.1, 0.15) is 37.3 Å². The van der Waals surface area contributed by atoms with Crippen LogP contribution >= 0.6 is 0 Å². The molecule has 4 rings (SSSR count). The standard InChI is InChI=1S/C14H16N8/c15-20-18-7-9-1-3-10(4-2-9)12-13-11-5-6-16-14(11)17-8-22(13)21-19-12/h5-6,8-10,16H,1-4,7H2. The van der Waals surface area contributed by atoms with Crippen molar-refractivity contribution < 1.29 is 0 Å². The lowest BCUT2D eigenvalue weighted by molar-refractivity contribution is 0.330. The molecular weight excluding hydrogens is 280 g/mol. The summed E-state index contributed by atoms with van der Waals surface area (Å²) in [5.74, 6) is 0.920. The molecule has 0 spiro atoms. The van der Waals surface area contributed by atoms with E-state index in [-0.39, 0.29) is 0 Å². The molecule has 0 saturated heterocycles. The fraction of sp³-hybridized carbons (Fsp3) is 0.500. The zero-order chi connectivity index (χ0) is 14.9. The van der Waals surface area contributed by atoms with Gasteiger partial charge < -0.3 is 4.98 Å². The number of azide groups is 1. The van der Waals surface area contributed by atoms with Crippen molar-refractivity contribution in [3.05, 3.63) is 34.7 Å². The summed E-state index contributed by atoms with van der Waals surface area (Å²) >= 11 is 0. The highest BCUT2D eigenvalue weighted by Gasteiger charge is 2.26. The van der Waals surface area contributed by atoms with Gasteiger partial charge in [0.25, 0.3) is 0 Å². The predicted octanol–water partition coefficient (Wildman–Crippen LogP) is 3.19. The van der Waals surface area contributed by atoms with E-state index >= 15 is 0 Å². The minimum atomic E-state index is 0.417. The molecule has 1 aliphatic carbocycles. The van der Waals surface area contributed by atoms with E-state index in [9.17, 15) is 0 Å². The van der Waals surface area contributed by atoms with E-state index in [2.05, 4.69) is 30.3 Å². The Morgan fingerprint density at radius 3 is 3.05 bits per heavy atom. The van der Waals surface area contributed by atoms with Gasteiger partial charge >= 0.3 is 0 Å². The second-order valence-corrected chi connectivity index (χ2v) is 5.88. The number of nitrogens with zero attached hydrogens (tertiary/aromatic N) is 7. The van der Waals surface area contributed by atoms with Gasteiger partial charge in [-0.2, -0.15) is 0 Å². The minimum Gasteiger partial charge on any atom is -0.346 e. The Kier molecular flexibility index (Phi) is 3.16. The van der Waals surface area contributed by atoms with Gasteiger partial charge in [-0.3, -0.25) is 0 Å². The van der Waals surface area contributed by atoms with Crippen LogP contribution in [0.15, 0.2) is 23.7 Å². The summed E-state index contributed by atoms with van der Waals surface area (Å²) in [5, 5.41) is 13.4. The van der Waals surface area contributed by atoms with E-state index in [1.165, 1.54) is 0 Å². The van der Waals surface area contributed by atoms with Gasteiger partial charge in [0.15, 0.2) is 0 Å². The molecule has 1 saturated carbocycles. The highest BCUT2D eigenvalue weighted by molar-refractivity contribution is 5.92. The van der Waals surface area contributed by atoms with Gasteiger partial charge in [0.05, 0.1) is 5.69 Å². The Bertz CT molecular complexity index is 848. The lowest BCUT2D eigenvalue weighted by atomic mass is 9.80. The van der Waals surface area contributed by atoms with Gasteiger partial charge in [0.2, 0.25) is 0 Å². The van der Waals surface area contributed by atoms with Gasteiger partial charge in [0.1, 0.15) is 17.5 Å². The number of H-pyrrole nitrogens is 1. The lowest BCUT2D eigenvalue weighted by Gasteiger charge is -2.26. The van der Waals surface area contributed by atoms with E-state index in [1.807, 2.05) is 12.3 Å². The van der Waals surface area contributed by atoms with Crippen LogP contribution in [0.4, 0.5) is 0 Å². The average Bonchev–Trinajstić information content (AvgIpc) is 3.19. The molecule has 0 atom stereocenters. The van der Waals surface area contributed by atoms with Crippen LogP contribution in [0, 0.1) is 5.92 Å². The molecule has 3 heterocycles. The second kappa shape index (κ2) is 5.31. The Labute approximate surface area is 126 Å². The third-order valence-corrected chi connectivity index (χ3v) is 4.63. The van der Waals surface area contributed by atoms with Crippen molar-refractivity contribution in [3.8, 4) is 0 Å². The molecule has 8 heteroatoms. The van der Waals surface area contributed by atoms with Crippen molar-refractivity contribution in [2.24, 2.45) is 11.0 Å². The smallest absolute Gasteiger partial charge is 0.141 e. The predicted molar refractivity (Wildman–Crippen MR) is 81.4 cm³/mol. The first kappa shape index (κ1) is 13.1. The van der Waals surface area contributed by atoms with E-state index in [1.54, 1.807) is 10.8 Å². The normalized spacial score (nSPS) is 22.0. The Morgan fingerprint density at radius 2 is 2.23 bits per heavy atom. The topological polar surface area (TPSA) is 108 Å². The number of aromatic amines is 1. The van der Waals surface area contributed by atoms with E-state index in [4.69, 9.17) is 5.53 Å². The molecular formula is C14H16N8. The summed E-state index contributed by atoms with van der Waals surface area (Å²) in [6.45, 7) is 0.609. The van der Waals surface area contributed by atoms with E-state index < -0.39 is 0 Å². The van der Waals surface area contributed by atoms with Crippen LogP contribution in [0.3, 0.4) is 0 Å². The Morgan fingerprint density at radius 1 is 1.36 bits per heavy atom. The van der Waals surface area contributed by atoms with Crippen LogP contribution in [0.2, 0.25) is 0 Å². The summed E-state index contributed by atoms with van der Waals surface area (Å²) in [7, 11) is 0. The quantitative estimate of drug-likeness (QED) is 0.455. The largest absolute Gasteiger partial charge is 0.346 e. The first-order valence-electron chi connectivity index (χ1n) is 7.54. The van der Waals surface area contributed by atoms with Gasteiger partial charge in [-0.25, -0.2) is 9.50 Å². The highest BCUT2D eigenvalue weighted by Crippen LogP contribution is 2.37. The number of rotatable bonds is 3. The number of nitrogens with one attached hydrogen (secondary N) is 1. The molecule has 1 aliphatic rings. The van der Waals surface area contributed by atoms with Crippen LogP contribution in [0.25, 0.3) is 27.0 Å². The fourth-order valence-electron chi connectivity index (χ4n) is 3.46. The molecule has 8 nitrogen and oxygen atoms in total. The third-order valence-electron chi connectivity index (χ3n) is 4.63. The molecule has 0 bridgehead atoms. The van der Waals surface area contributed by atoms with E-state index in [0.717, 1.165) is 47.9 Å². The Hall–Kier alpha value is -2.60. The molecule has 112 valence electrons. The van der Waals surface area contributed by atoms with Gasteiger partial charge in [0, 0.05) is 29.0 Å². The SMILES string of the molecule is [N-]=[N+]=NCC1CCC(c2nnn3cnc4[nH]ccc4c23)CC1. The molecule has 1 fully saturated rings. The monoisotopic (exact) mass is 296 g/mol. The molecule has 3 aromatic heterocycles. The summed E-state index contributed by atoms with van der Waals surface area (Å²) in [6, 6.07) is 2.03. The average molecular weight is 296 g/mol. The van der Waals surface area contributed by atoms with Crippen molar-refractivity contribution in [2.75, 3.05) is 6.54 Å². The molecule has 0 unspecified atom stereocenters. The van der Waals surface area contributed by atoms with Crippen molar-refractivity contribution >= 4 is 16.6 Å². The maximum Gasteiger partial charge on any atom is 0.141 e. The van der Waals surface area contributed by atoms with Crippen molar-refractivity contribution in [1.82, 2.24) is 24.8 Å². The maximum absolute atomic E-state index is 8.43. The minimum absolute atomic E-state index is 0.417. The van der Waals surface area contributed by atoms with E-state index in [0.29, 0.717) is 18.4 Å². The summed E-state index contributed by atoms with van der Waals surface area (Å²) in [6.07, 6.45) is 7.87. The van der Waals surface area contributed by atoms with Gasteiger partial charge in [-0.15, -0.1) is 5.10 Å². The van der Waals surface area contributed by atoms with Crippen LogP contribution in [-0.4, -0.2) is 31.3 Å². The third kappa shape index (κ3) is 2.08. The highest BCUT2D eigenvalue weighted by atomic mass is 15.4. The zero-order valence-electron chi connectivity index (χ0n) is 12.1. The molecule has 0 radical (unpaired) electrons. The number of fused-ring (bicyclic) bond motifs is 3. The number of hydrogen-bond acceptors (Lipinski definition) is 4. The lowest BCUT2D eigenvalue weighted by Crippen LogP contribution is -2.15. The molecule has 1 N–H and O–H groups in total. The molecule has 22 heavy (non-hydrogen) atoms. The summed E-state index contributed by atoms with van der Waals surface area (Å²) in [4.78, 5) is 10.3. The van der Waals surface area contributed by atoms with Crippen LogP contribution < -0.4 is 0 Å². The molecule has 0 aromatic carbocycles. The first-order valence-corrected chi connectivity index (χ1v) is 7.54. The molecule has 3 aromatic rings. The van der Waals surface area contributed by atoms with Gasteiger partial charge in [-0.05, 0) is 43.2 Å². The number of aromatic nitrogens is 5. The molecule has 0 amide bonds. The van der Waals surface area contributed by atoms with Crippen molar-refractivity contribution in [3.63, 3.8) is 0 Å². The summed E-state index contributed by atoms with van der Waals surface area (Å²) < 4.78 is 1.76. The summed E-state index contributed by atoms with van der Waals surface area (Å²) in [5.41, 5.74) is 11.4. The van der Waals surface area contributed by atoms with Gasteiger partial charge in [-0.1, -0.05) is 10.3 Å². The van der Waals surface area contributed by atoms with Crippen LogP contribution in [0.5, 0.6) is 0 Å².